The molecule has 0 N–H and O–H groups in total. The molecule has 2 aliphatic rings. The highest BCUT2D eigenvalue weighted by molar-refractivity contribution is 5.95. The predicted molar refractivity (Wildman–Crippen MR) is 114 cm³/mol. The Labute approximate surface area is 177 Å². The van der Waals surface area contributed by atoms with Crippen molar-refractivity contribution in [2.24, 2.45) is 0 Å². The molecule has 1 saturated heterocycles. The van der Waals surface area contributed by atoms with E-state index in [2.05, 4.69) is 12.0 Å². The number of aryl methyl sites for hydroxylation is 2. The summed E-state index contributed by atoms with van der Waals surface area (Å²) in [6, 6.07) is 9.27. The number of fused-ring (bicyclic) bond motifs is 1. The smallest absolute Gasteiger partial charge is 0.274 e. The van der Waals surface area contributed by atoms with E-state index in [1.807, 2.05) is 44.8 Å². The number of amides is 2. The largest absolute Gasteiger partial charge is 0.494 e. The van der Waals surface area contributed by atoms with E-state index in [9.17, 15) is 9.59 Å². The minimum absolute atomic E-state index is 0.000312. The van der Waals surface area contributed by atoms with Crippen LogP contribution in [0.25, 0.3) is 0 Å². The summed E-state index contributed by atoms with van der Waals surface area (Å²) in [5.41, 5.74) is 2.34. The van der Waals surface area contributed by atoms with Crippen LogP contribution >= 0.6 is 0 Å². The Morgan fingerprint density at radius 2 is 1.67 bits per heavy atom. The Bertz CT molecular complexity index is 859. The van der Waals surface area contributed by atoms with Crippen LogP contribution in [-0.2, 0) is 13.0 Å². The van der Waals surface area contributed by atoms with Crippen molar-refractivity contribution >= 4 is 11.8 Å². The maximum atomic E-state index is 12.8. The van der Waals surface area contributed by atoms with E-state index in [0.29, 0.717) is 44.0 Å². The first-order chi connectivity index (χ1) is 14.7. The van der Waals surface area contributed by atoms with E-state index in [0.717, 1.165) is 50.1 Å². The quantitative estimate of drug-likeness (QED) is 0.687. The van der Waals surface area contributed by atoms with Crippen molar-refractivity contribution in [1.29, 1.82) is 0 Å². The van der Waals surface area contributed by atoms with Crippen LogP contribution in [0.4, 0.5) is 0 Å². The van der Waals surface area contributed by atoms with Crippen molar-refractivity contribution in [3.05, 3.63) is 47.3 Å². The summed E-state index contributed by atoms with van der Waals surface area (Å²) in [5.74, 6) is 0.760. The molecular formula is C23H30N4O3. The maximum Gasteiger partial charge on any atom is 0.274 e. The minimum atomic E-state index is -0.0300. The SMILES string of the molecule is CCCCOc1ccc(C(=O)N2CCN(C(=O)c3cc4n(n3)CCCC4)CC2)cc1. The predicted octanol–water partition coefficient (Wildman–Crippen LogP) is 3.00. The number of hydrogen-bond donors (Lipinski definition) is 0. The molecule has 0 unspecified atom stereocenters. The summed E-state index contributed by atoms with van der Waals surface area (Å²) in [4.78, 5) is 29.3. The van der Waals surface area contributed by atoms with Crippen molar-refractivity contribution in [3.63, 3.8) is 0 Å². The molecule has 0 spiro atoms. The second-order valence-electron chi connectivity index (χ2n) is 8.01. The molecule has 7 nitrogen and oxygen atoms in total. The van der Waals surface area contributed by atoms with Crippen LogP contribution in [0.3, 0.4) is 0 Å². The van der Waals surface area contributed by atoms with Crippen molar-refractivity contribution in [1.82, 2.24) is 19.6 Å². The van der Waals surface area contributed by atoms with E-state index >= 15 is 0 Å². The highest BCUT2D eigenvalue weighted by Crippen LogP contribution is 2.18. The van der Waals surface area contributed by atoms with Gasteiger partial charge < -0.3 is 14.5 Å². The third kappa shape index (κ3) is 4.50. The monoisotopic (exact) mass is 410 g/mol. The number of carbonyl (C=O) groups is 2. The second-order valence-corrected chi connectivity index (χ2v) is 8.01. The van der Waals surface area contributed by atoms with Gasteiger partial charge in [-0.2, -0.15) is 5.10 Å². The van der Waals surface area contributed by atoms with Crippen LogP contribution in [0.15, 0.2) is 30.3 Å². The van der Waals surface area contributed by atoms with Gasteiger partial charge in [-0.3, -0.25) is 14.3 Å². The third-order valence-electron chi connectivity index (χ3n) is 5.86. The van der Waals surface area contributed by atoms with Gasteiger partial charge in [0.25, 0.3) is 11.8 Å². The molecule has 3 heterocycles. The Morgan fingerprint density at radius 3 is 2.33 bits per heavy atom. The summed E-state index contributed by atoms with van der Waals surface area (Å²) in [6.07, 6.45) is 5.38. The molecule has 0 radical (unpaired) electrons. The van der Waals surface area contributed by atoms with Gasteiger partial charge in [-0.05, 0) is 56.0 Å². The van der Waals surface area contributed by atoms with Gasteiger partial charge in [-0.1, -0.05) is 13.3 Å². The Kier molecular flexibility index (Phi) is 6.35. The summed E-state index contributed by atoms with van der Waals surface area (Å²) in [6.45, 7) is 5.85. The molecule has 2 amide bonds. The summed E-state index contributed by atoms with van der Waals surface area (Å²) in [7, 11) is 0. The highest BCUT2D eigenvalue weighted by atomic mass is 16.5. The molecule has 1 fully saturated rings. The summed E-state index contributed by atoms with van der Waals surface area (Å²) < 4.78 is 7.63. The van der Waals surface area contributed by atoms with Crippen LogP contribution in [0, 0.1) is 0 Å². The Balaban J connectivity index is 1.31. The molecule has 2 aliphatic heterocycles. The lowest BCUT2D eigenvalue weighted by atomic mass is 10.1. The second kappa shape index (κ2) is 9.32. The number of hydrogen-bond acceptors (Lipinski definition) is 4. The van der Waals surface area contributed by atoms with Gasteiger partial charge in [0.05, 0.1) is 6.61 Å². The van der Waals surface area contributed by atoms with E-state index in [1.165, 1.54) is 0 Å². The fraction of sp³-hybridized carbons (Fsp3) is 0.522. The molecular weight excluding hydrogens is 380 g/mol. The summed E-state index contributed by atoms with van der Waals surface area (Å²) in [5, 5.41) is 4.50. The van der Waals surface area contributed by atoms with Crippen LogP contribution in [0.1, 0.15) is 59.1 Å². The third-order valence-corrected chi connectivity index (χ3v) is 5.86. The zero-order chi connectivity index (χ0) is 20.9. The van der Waals surface area contributed by atoms with E-state index in [1.54, 1.807) is 0 Å². The van der Waals surface area contributed by atoms with Crippen LogP contribution in [-0.4, -0.2) is 64.2 Å². The first-order valence-corrected chi connectivity index (χ1v) is 11.0. The van der Waals surface area contributed by atoms with Gasteiger partial charge in [-0.25, -0.2) is 0 Å². The van der Waals surface area contributed by atoms with Crippen LogP contribution in [0.2, 0.25) is 0 Å². The van der Waals surface area contributed by atoms with Gasteiger partial charge in [0.15, 0.2) is 5.69 Å². The first-order valence-electron chi connectivity index (χ1n) is 11.0. The maximum absolute atomic E-state index is 12.8. The topological polar surface area (TPSA) is 67.7 Å². The average Bonchev–Trinajstić information content (AvgIpc) is 3.23. The molecule has 0 bridgehead atoms. The number of piperazine rings is 1. The van der Waals surface area contributed by atoms with Crippen LogP contribution in [0.5, 0.6) is 5.75 Å². The summed E-state index contributed by atoms with van der Waals surface area (Å²) >= 11 is 0. The van der Waals surface area contributed by atoms with Crippen molar-refractivity contribution in [2.45, 2.75) is 45.6 Å². The van der Waals surface area contributed by atoms with E-state index in [-0.39, 0.29) is 11.8 Å². The molecule has 0 atom stereocenters. The molecule has 1 aromatic carbocycles. The molecule has 160 valence electrons. The molecule has 0 aliphatic carbocycles. The number of benzene rings is 1. The number of nitrogens with zero attached hydrogens (tertiary/aromatic N) is 4. The number of unbranched alkanes of at least 4 members (excludes halogenated alkanes) is 1. The minimum Gasteiger partial charge on any atom is -0.494 e. The number of carbonyl (C=O) groups excluding carboxylic acids is 2. The lowest BCUT2D eigenvalue weighted by molar-refractivity contribution is 0.0531. The normalized spacial score (nSPS) is 16.3. The fourth-order valence-electron chi connectivity index (χ4n) is 4.01. The number of rotatable bonds is 6. The molecule has 4 rings (SSSR count). The van der Waals surface area contributed by atoms with Gasteiger partial charge in [-0.15, -0.1) is 0 Å². The molecule has 1 aromatic heterocycles. The Morgan fingerprint density at radius 1 is 0.967 bits per heavy atom. The molecule has 7 heteroatoms. The van der Waals surface area contributed by atoms with Gasteiger partial charge in [0.2, 0.25) is 0 Å². The van der Waals surface area contributed by atoms with Crippen molar-refractivity contribution in [2.75, 3.05) is 32.8 Å². The number of aromatic nitrogens is 2. The van der Waals surface area contributed by atoms with Gasteiger partial charge in [0, 0.05) is 44.0 Å². The zero-order valence-corrected chi connectivity index (χ0v) is 17.7. The Hall–Kier alpha value is -2.83. The fourth-order valence-corrected chi connectivity index (χ4v) is 4.01. The first kappa shape index (κ1) is 20.4. The molecule has 0 saturated carbocycles. The standard InChI is InChI=1S/C23H30N4O3/c1-2-3-16-30-20-9-7-18(8-10-20)22(28)25-12-14-26(15-13-25)23(29)21-17-19-6-4-5-11-27(19)24-21/h7-10,17H,2-6,11-16H2,1H3. The van der Waals surface area contributed by atoms with Gasteiger partial charge >= 0.3 is 0 Å². The molecule has 30 heavy (non-hydrogen) atoms. The number of ether oxygens (including phenoxy) is 1. The lowest BCUT2D eigenvalue weighted by Gasteiger charge is -2.34. The van der Waals surface area contributed by atoms with E-state index < -0.39 is 0 Å². The van der Waals surface area contributed by atoms with Gasteiger partial charge in [0.1, 0.15) is 5.75 Å². The highest BCUT2D eigenvalue weighted by Gasteiger charge is 2.27. The molecule has 2 aromatic rings. The zero-order valence-electron chi connectivity index (χ0n) is 17.7. The van der Waals surface area contributed by atoms with E-state index in [4.69, 9.17) is 4.74 Å². The lowest BCUT2D eigenvalue weighted by Crippen LogP contribution is -2.50. The van der Waals surface area contributed by atoms with Crippen molar-refractivity contribution in [3.8, 4) is 5.75 Å². The average molecular weight is 411 g/mol. The van der Waals surface area contributed by atoms with Crippen LogP contribution < -0.4 is 4.74 Å². The van der Waals surface area contributed by atoms with Crippen molar-refractivity contribution < 1.29 is 14.3 Å².